The molecule has 0 spiro atoms. The maximum atomic E-state index is 11.2. The molecule has 0 saturated carbocycles. The molecule has 0 unspecified atom stereocenters. The highest BCUT2D eigenvalue weighted by Gasteiger charge is 2.12. The van der Waals surface area contributed by atoms with Crippen molar-refractivity contribution in [2.24, 2.45) is 0 Å². The first kappa shape index (κ1) is 13.5. The van der Waals surface area contributed by atoms with Crippen LogP contribution in [0.5, 0.6) is 0 Å². The minimum atomic E-state index is 0.195. The normalized spacial score (nSPS) is 18.6. The molecular formula is C12H25N3O. The number of hydrogen-bond acceptors (Lipinski definition) is 3. The number of nitrogens with zero attached hydrogens (tertiary/aromatic N) is 2. The summed E-state index contributed by atoms with van der Waals surface area (Å²) in [5.41, 5.74) is 0. The van der Waals surface area contributed by atoms with Crippen LogP contribution in [0.15, 0.2) is 0 Å². The number of amides is 1. The van der Waals surface area contributed by atoms with Gasteiger partial charge in [0.15, 0.2) is 0 Å². The summed E-state index contributed by atoms with van der Waals surface area (Å²) in [6.45, 7) is 8.56. The summed E-state index contributed by atoms with van der Waals surface area (Å²) >= 11 is 0. The number of hydrogen-bond donors (Lipinski definition) is 1. The minimum absolute atomic E-state index is 0.195. The molecule has 1 N–H and O–H groups in total. The van der Waals surface area contributed by atoms with Crippen molar-refractivity contribution in [3.05, 3.63) is 0 Å². The van der Waals surface area contributed by atoms with Gasteiger partial charge < -0.3 is 15.1 Å². The lowest BCUT2D eigenvalue weighted by atomic mass is 10.2. The molecule has 0 aromatic carbocycles. The zero-order chi connectivity index (χ0) is 11.8. The first-order valence-electron chi connectivity index (χ1n) is 6.40. The Morgan fingerprint density at radius 1 is 1.19 bits per heavy atom. The van der Waals surface area contributed by atoms with Gasteiger partial charge in [0.1, 0.15) is 0 Å². The second-order valence-electron chi connectivity index (χ2n) is 4.56. The summed E-state index contributed by atoms with van der Waals surface area (Å²) in [4.78, 5) is 16.1. The van der Waals surface area contributed by atoms with Crippen LogP contribution >= 0.6 is 0 Å². The summed E-state index contributed by atoms with van der Waals surface area (Å²) in [7, 11) is 2.17. The van der Waals surface area contributed by atoms with E-state index in [0.717, 1.165) is 25.9 Å². The molecule has 1 amide bonds. The lowest BCUT2D eigenvalue weighted by Gasteiger charge is -2.32. The quantitative estimate of drug-likeness (QED) is 0.673. The Hall–Kier alpha value is -0.610. The molecule has 0 aromatic heterocycles. The van der Waals surface area contributed by atoms with Crippen LogP contribution in [0, 0.1) is 0 Å². The standard InChI is InChI=1S/C12H25N3O/c1-3-13-12(16)6-4-5-7-15-10-8-14(2)9-11-15/h3-11H2,1-2H3,(H,13,16). The van der Waals surface area contributed by atoms with Gasteiger partial charge in [0.05, 0.1) is 0 Å². The van der Waals surface area contributed by atoms with Gasteiger partial charge in [-0.25, -0.2) is 0 Å². The van der Waals surface area contributed by atoms with Crippen LogP contribution in [0.2, 0.25) is 0 Å². The number of unbranched alkanes of at least 4 members (excludes halogenated alkanes) is 1. The highest BCUT2D eigenvalue weighted by Crippen LogP contribution is 2.03. The number of rotatable bonds is 6. The fraction of sp³-hybridized carbons (Fsp3) is 0.917. The first-order valence-corrected chi connectivity index (χ1v) is 6.40. The number of carbonyl (C=O) groups excluding carboxylic acids is 1. The van der Waals surface area contributed by atoms with Crippen molar-refractivity contribution < 1.29 is 4.79 Å². The molecule has 0 aromatic rings. The van der Waals surface area contributed by atoms with E-state index in [1.807, 2.05) is 6.92 Å². The first-order chi connectivity index (χ1) is 7.72. The maximum absolute atomic E-state index is 11.2. The predicted molar refractivity (Wildman–Crippen MR) is 66.5 cm³/mol. The molecule has 1 aliphatic rings. The van der Waals surface area contributed by atoms with Crippen LogP contribution in [-0.4, -0.2) is 62.0 Å². The monoisotopic (exact) mass is 227 g/mol. The Bertz CT molecular complexity index is 200. The molecule has 4 nitrogen and oxygen atoms in total. The molecule has 0 atom stereocenters. The Balaban J connectivity index is 1.97. The summed E-state index contributed by atoms with van der Waals surface area (Å²) in [6.07, 6.45) is 2.83. The number of piperazine rings is 1. The summed E-state index contributed by atoms with van der Waals surface area (Å²) in [5.74, 6) is 0.195. The highest BCUT2D eigenvalue weighted by molar-refractivity contribution is 5.75. The molecule has 16 heavy (non-hydrogen) atoms. The van der Waals surface area contributed by atoms with E-state index >= 15 is 0 Å². The van der Waals surface area contributed by atoms with E-state index < -0.39 is 0 Å². The minimum Gasteiger partial charge on any atom is -0.356 e. The van der Waals surface area contributed by atoms with E-state index in [2.05, 4.69) is 22.2 Å². The average Bonchev–Trinajstić information content (AvgIpc) is 2.27. The number of carbonyl (C=O) groups is 1. The molecule has 1 heterocycles. The topological polar surface area (TPSA) is 35.6 Å². The third kappa shape index (κ3) is 5.47. The Kier molecular flexibility index (Phi) is 6.42. The zero-order valence-electron chi connectivity index (χ0n) is 10.7. The summed E-state index contributed by atoms with van der Waals surface area (Å²) in [6, 6.07) is 0. The van der Waals surface area contributed by atoms with Gasteiger partial charge in [-0.2, -0.15) is 0 Å². The van der Waals surface area contributed by atoms with Gasteiger partial charge in [0, 0.05) is 39.1 Å². The molecular weight excluding hydrogens is 202 g/mol. The van der Waals surface area contributed by atoms with E-state index in [1.54, 1.807) is 0 Å². The van der Waals surface area contributed by atoms with Crippen molar-refractivity contribution in [1.29, 1.82) is 0 Å². The van der Waals surface area contributed by atoms with Crippen molar-refractivity contribution in [1.82, 2.24) is 15.1 Å². The Morgan fingerprint density at radius 2 is 1.88 bits per heavy atom. The number of likely N-dealkylation sites (N-methyl/N-ethyl adjacent to an activating group) is 1. The van der Waals surface area contributed by atoms with E-state index in [0.29, 0.717) is 6.42 Å². The Morgan fingerprint density at radius 3 is 2.50 bits per heavy atom. The SMILES string of the molecule is CCNC(=O)CCCCN1CCN(C)CC1. The van der Waals surface area contributed by atoms with Gasteiger partial charge in [0.2, 0.25) is 5.91 Å². The molecule has 1 saturated heterocycles. The van der Waals surface area contributed by atoms with E-state index in [1.165, 1.54) is 26.2 Å². The maximum Gasteiger partial charge on any atom is 0.219 e. The molecule has 1 rings (SSSR count). The van der Waals surface area contributed by atoms with Crippen molar-refractivity contribution in [3.63, 3.8) is 0 Å². The van der Waals surface area contributed by atoms with Gasteiger partial charge in [0.25, 0.3) is 0 Å². The highest BCUT2D eigenvalue weighted by atomic mass is 16.1. The van der Waals surface area contributed by atoms with E-state index in [9.17, 15) is 4.79 Å². The fourth-order valence-electron chi connectivity index (χ4n) is 1.98. The number of nitrogens with one attached hydrogen (secondary N) is 1. The lowest BCUT2D eigenvalue weighted by Crippen LogP contribution is -2.44. The smallest absolute Gasteiger partial charge is 0.219 e. The van der Waals surface area contributed by atoms with Crippen LogP contribution in [0.3, 0.4) is 0 Å². The van der Waals surface area contributed by atoms with Gasteiger partial charge in [-0.3, -0.25) is 4.79 Å². The average molecular weight is 227 g/mol. The second-order valence-corrected chi connectivity index (χ2v) is 4.56. The van der Waals surface area contributed by atoms with Crippen molar-refractivity contribution >= 4 is 5.91 Å². The van der Waals surface area contributed by atoms with Gasteiger partial charge in [-0.15, -0.1) is 0 Å². The van der Waals surface area contributed by atoms with E-state index in [-0.39, 0.29) is 5.91 Å². The summed E-state index contributed by atoms with van der Waals surface area (Å²) < 4.78 is 0. The molecule has 0 bridgehead atoms. The predicted octanol–water partition coefficient (Wildman–Crippen LogP) is 0.540. The second kappa shape index (κ2) is 7.63. The van der Waals surface area contributed by atoms with Crippen LogP contribution in [0.25, 0.3) is 0 Å². The summed E-state index contributed by atoms with van der Waals surface area (Å²) in [5, 5.41) is 2.83. The molecule has 4 heteroatoms. The molecule has 0 aliphatic carbocycles. The van der Waals surface area contributed by atoms with Gasteiger partial charge in [-0.05, 0) is 33.4 Å². The zero-order valence-corrected chi connectivity index (χ0v) is 10.7. The third-order valence-electron chi connectivity index (χ3n) is 3.10. The van der Waals surface area contributed by atoms with Crippen LogP contribution in [0.4, 0.5) is 0 Å². The van der Waals surface area contributed by atoms with Crippen LogP contribution in [0.1, 0.15) is 26.2 Å². The molecule has 1 aliphatic heterocycles. The van der Waals surface area contributed by atoms with Crippen LogP contribution < -0.4 is 5.32 Å². The van der Waals surface area contributed by atoms with Crippen molar-refractivity contribution in [3.8, 4) is 0 Å². The Labute approximate surface area is 99.0 Å². The van der Waals surface area contributed by atoms with Crippen molar-refractivity contribution in [2.75, 3.05) is 46.3 Å². The van der Waals surface area contributed by atoms with Crippen LogP contribution in [-0.2, 0) is 4.79 Å². The fourth-order valence-corrected chi connectivity index (χ4v) is 1.98. The molecule has 0 radical (unpaired) electrons. The van der Waals surface area contributed by atoms with Gasteiger partial charge >= 0.3 is 0 Å². The third-order valence-corrected chi connectivity index (χ3v) is 3.10. The molecule has 1 fully saturated rings. The van der Waals surface area contributed by atoms with E-state index in [4.69, 9.17) is 0 Å². The van der Waals surface area contributed by atoms with Crippen molar-refractivity contribution in [2.45, 2.75) is 26.2 Å². The molecule has 94 valence electrons. The van der Waals surface area contributed by atoms with Gasteiger partial charge in [-0.1, -0.05) is 0 Å². The lowest BCUT2D eigenvalue weighted by molar-refractivity contribution is -0.121. The largest absolute Gasteiger partial charge is 0.356 e.